The van der Waals surface area contributed by atoms with Crippen molar-refractivity contribution in [1.82, 2.24) is 9.88 Å². The van der Waals surface area contributed by atoms with Gasteiger partial charge in [-0.15, -0.1) is 0 Å². The number of anilines is 1. The summed E-state index contributed by atoms with van der Waals surface area (Å²) in [6.45, 7) is 4.06. The van der Waals surface area contributed by atoms with Gasteiger partial charge in [-0.3, -0.25) is 9.59 Å². The van der Waals surface area contributed by atoms with Gasteiger partial charge in [-0.25, -0.2) is 0 Å². The molecule has 1 saturated heterocycles. The summed E-state index contributed by atoms with van der Waals surface area (Å²) in [6, 6.07) is 5.70. The van der Waals surface area contributed by atoms with Crippen molar-refractivity contribution in [2.75, 3.05) is 25.0 Å². The zero-order chi connectivity index (χ0) is 15.5. The van der Waals surface area contributed by atoms with E-state index in [4.69, 9.17) is 0 Å². The molecule has 1 aromatic heterocycles. The summed E-state index contributed by atoms with van der Waals surface area (Å²) >= 11 is 0. The van der Waals surface area contributed by atoms with Gasteiger partial charge in [0, 0.05) is 30.4 Å². The first-order valence-electron chi connectivity index (χ1n) is 7.85. The van der Waals surface area contributed by atoms with Crippen LogP contribution in [0.1, 0.15) is 25.3 Å². The highest BCUT2D eigenvalue weighted by atomic mass is 16.2. The highest BCUT2D eigenvalue weighted by Gasteiger charge is 2.17. The summed E-state index contributed by atoms with van der Waals surface area (Å²) < 4.78 is 0. The largest absolute Gasteiger partial charge is 0.376 e. The first kappa shape index (κ1) is 14.6. The molecule has 1 amide bonds. The Morgan fingerprint density at radius 2 is 2.05 bits per heavy atom. The summed E-state index contributed by atoms with van der Waals surface area (Å²) in [6.07, 6.45) is 4.83. The van der Waals surface area contributed by atoms with Gasteiger partial charge in [0.25, 0.3) is 5.56 Å². The van der Waals surface area contributed by atoms with Crippen LogP contribution in [-0.2, 0) is 11.2 Å². The maximum atomic E-state index is 12.0. The van der Waals surface area contributed by atoms with E-state index in [1.165, 1.54) is 0 Å². The zero-order valence-electron chi connectivity index (χ0n) is 12.8. The fraction of sp³-hybridized carbons (Fsp3) is 0.412. The Balaban J connectivity index is 1.78. The zero-order valence-corrected chi connectivity index (χ0v) is 12.8. The fourth-order valence-corrected chi connectivity index (χ4v) is 2.98. The summed E-state index contributed by atoms with van der Waals surface area (Å²) in [5.41, 5.74) is 1.83. The average Bonchev–Trinajstić information content (AvgIpc) is 3.08. The molecule has 5 nitrogen and oxygen atoms in total. The second-order valence-corrected chi connectivity index (χ2v) is 5.70. The topological polar surface area (TPSA) is 65.2 Å². The van der Waals surface area contributed by atoms with E-state index in [1.807, 2.05) is 23.1 Å². The molecule has 0 bridgehead atoms. The van der Waals surface area contributed by atoms with Gasteiger partial charge in [0.1, 0.15) is 0 Å². The predicted molar refractivity (Wildman–Crippen MR) is 88.3 cm³/mol. The number of hydrogen-bond donors (Lipinski definition) is 2. The number of nitrogens with zero attached hydrogens (tertiary/aromatic N) is 1. The van der Waals surface area contributed by atoms with Crippen molar-refractivity contribution in [3.05, 3.63) is 40.3 Å². The van der Waals surface area contributed by atoms with Crippen LogP contribution < -0.4 is 10.9 Å². The number of likely N-dealkylation sites (tertiary alicyclic amines) is 1. The Kier molecular flexibility index (Phi) is 4.13. The summed E-state index contributed by atoms with van der Waals surface area (Å²) in [5.74, 6) is 0.119. The Morgan fingerprint density at radius 1 is 1.27 bits per heavy atom. The Morgan fingerprint density at radius 3 is 2.77 bits per heavy atom. The molecule has 1 aromatic carbocycles. The SMILES string of the molecule is CCc1c[nH]c(=O)c2cc(NCC(=O)N3CCCC3)ccc12. The number of rotatable bonds is 4. The Hall–Kier alpha value is -2.30. The third kappa shape index (κ3) is 2.84. The van der Waals surface area contributed by atoms with Crippen molar-refractivity contribution >= 4 is 22.4 Å². The number of aryl methyl sites for hydroxylation is 1. The molecule has 0 saturated carbocycles. The second-order valence-electron chi connectivity index (χ2n) is 5.70. The molecule has 0 radical (unpaired) electrons. The van der Waals surface area contributed by atoms with Gasteiger partial charge in [-0.2, -0.15) is 0 Å². The number of H-pyrrole nitrogens is 1. The van der Waals surface area contributed by atoms with E-state index in [9.17, 15) is 9.59 Å². The normalized spacial score (nSPS) is 14.5. The van der Waals surface area contributed by atoms with E-state index >= 15 is 0 Å². The number of hydrogen-bond acceptors (Lipinski definition) is 3. The van der Waals surface area contributed by atoms with Crippen molar-refractivity contribution in [2.45, 2.75) is 26.2 Å². The van der Waals surface area contributed by atoms with Crippen LogP contribution in [0.3, 0.4) is 0 Å². The molecule has 116 valence electrons. The first-order chi connectivity index (χ1) is 10.7. The molecule has 0 atom stereocenters. The number of benzene rings is 1. The predicted octanol–water partition coefficient (Wildman–Crippen LogP) is 2.12. The fourth-order valence-electron chi connectivity index (χ4n) is 2.98. The average molecular weight is 299 g/mol. The Bertz CT molecular complexity index is 745. The van der Waals surface area contributed by atoms with Gasteiger partial charge in [-0.1, -0.05) is 13.0 Å². The van der Waals surface area contributed by atoms with Crippen LogP contribution >= 0.6 is 0 Å². The number of aromatic amines is 1. The van der Waals surface area contributed by atoms with E-state index in [2.05, 4.69) is 17.2 Å². The number of fused-ring (bicyclic) bond motifs is 1. The van der Waals surface area contributed by atoms with Crippen molar-refractivity contribution in [1.29, 1.82) is 0 Å². The van der Waals surface area contributed by atoms with E-state index in [0.29, 0.717) is 5.39 Å². The minimum Gasteiger partial charge on any atom is -0.376 e. The van der Waals surface area contributed by atoms with Crippen molar-refractivity contribution in [3.8, 4) is 0 Å². The van der Waals surface area contributed by atoms with Crippen LogP contribution in [0.2, 0.25) is 0 Å². The smallest absolute Gasteiger partial charge is 0.255 e. The monoisotopic (exact) mass is 299 g/mol. The maximum Gasteiger partial charge on any atom is 0.255 e. The van der Waals surface area contributed by atoms with Crippen LogP contribution in [0.25, 0.3) is 10.8 Å². The van der Waals surface area contributed by atoms with Crippen molar-refractivity contribution in [3.63, 3.8) is 0 Å². The molecule has 1 aliphatic rings. The molecule has 0 unspecified atom stereocenters. The van der Waals surface area contributed by atoms with Crippen LogP contribution in [0, 0.1) is 0 Å². The third-order valence-corrected chi connectivity index (χ3v) is 4.27. The van der Waals surface area contributed by atoms with E-state index in [-0.39, 0.29) is 18.0 Å². The number of carbonyl (C=O) groups is 1. The minimum absolute atomic E-state index is 0.0956. The second kappa shape index (κ2) is 6.22. The van der Waals surface area contributed by atoms with Gasteiger partial charge >= 0.3 is 0 Å². The van der Waals surface area contributed by atoms with Crippen LogP contribution in [0.4, 0.5) is 5.69 Å². The first-order valence-corrected chi connectivity index (χ1v) is 7.85. The lowest BCUT2D eigenvalue weighted by Crippen LogP contribution is -2.32. The van der Waals surface area contributed by atoms with Crippen LogP contribution in [0.15, 0.2) is 29.2 Å². The standard InChI is InChI=1S/C17H21N3O2/c1-2-12-10-19-17(22)15-9-13(5-6-14(12)15)18-11-16(21)20-7-3-4-8-20/h5-6,9-10,18H,2-4,7-8,11H2,1H3,(H,19,22). The number of aromatic nitrogens is 1. The Labute approximate surface area is 129 Å². The van der Waals surface area contributed by atoms with Gasteiger partial charge in [0.2, 0.25) is 5.91 Å². The molecule has 1 fully saturated rings. The van der Waals surface area contributed by atoms with E-state index in [1.54, 1.807) is 6.20 Å². The van der Waals surface area contributed by atoms with Gasteiger partial charge in [-0.05, 0) is 42.3 Å². The lowest BCUT2D eigenvalue weighted by molar-refractivity contribution is -0.128. The van der Waals surface area contributed by atoms with Crippen molar-refractivity contribution in [2.24, 2.45) is 0 Å². The molecule has 2 N–H and O–H groups in total. The van der Waals surface area contributed by atoms with Gasteiger partial charge in [0.15, 0.2) is 0 Å². The molecule has 0 spiro atoms. The van der Waals surface area contributed by atoms with E-state index < -0.39 is 0 Å². The summed E-state index contributed by atoms with van der Waals surface area (Å²) in [7, 11) is 0. The van der Waals surface area contributed by atoms with Gasteiger partial charge in [0.05, 0.1) is 6.54 Å². The van der Waals surface area contributed by atoms with Crippen LogP contribution in [-0.4, -0.2) is 35.4 Å². The lowest BCUT2D eigenvalue weighted by Gasteiger charge is -2.16. The van der Waals surface area contributed by atoms with Gasteiger partial charge < -0.3 is 15.2 Å². The maximum absolute atomic E-state index is 12.0. The number of nitrogens with one attached hydrogen (secondary N) is 2. The molecular weight excluding hydrogens is 278 g/mol. The van der Waals surface area contributed by atoms with Crippen LogP contribution in [0.5, 0.6) is 0 Å². The number of pyridine rings is 1. The minimum atomic E-state index is -0.0956. The number of amides is 1. The van der Waals surface area contributed by atoms with Crippen molar-refractivity contribution < 1.29 is 4.79 Å². The molecule has 0 aliphatic carbocycles. The highest BCUT2D eigenvalue weighted by Crippen LogP contribution is 2.19. The molecule has 5 heteroatoms. The summed E-state index contributed by atoms with van der Waals surface area (Å²) in [4.78, 5) is 28.7. The summed E-state index contributed by atoms with van der Waals surface area (Å²) in [5, 5.41) is 4.77. The highest BCUT2D eigenvalue weighted by molar-refractivity contribution is 5.88. The third-order valence-electron chi connectivity index (χ3n) is 4.27. The molecule has 1 aliphatic heterocycles. The molecule has 2 heterocycles. The van der Waals surface area contributed by atoms with E-state index in [0.717, 1.165) is 49.0 Å². The molecule has 3 rings (SSSR count). The lowest BCUT2D eigenvalue weighted by atomic mass is 10.1. The quantitative estimate of drug-likeness (QED) is 0.909. The molecule has 22 heavy (non-hydrogen) atoms. The molecule has 2 aromatic rings. The molecular formula is C17H21N3O2. The number of carbonyl (C=O) groups excluding carboxylic acids is 1.